The van der Waals surface area contributed by atoms with Crippen LogP contribution in [0.4, 0.5) is 5.69 Å². The Bertz CT molecular complexity index is 564. The molecule has 2 rings (SSSR count). The summed E-state index contributed by atoms with van der Waals surface area (Å²) in [5.41, 5.74) is 3.10. The number of nitrogens with one attached hydrogen (secondary N) is 1. The first-order valence-corrected chi connectivity index (χ1v) is 6.05. The molecule has 0 aliphatic carbocycles. The van der Waals surface area contributed by atoms with Gasteiger partial charge in [0.05, 0.1) is 6.26 Å². The summed E-state index contributed by atoms with van der Waals surface area (Å²) in [6.07, 6.45) is 1.52. The molecule has 0 fully saturated rings. The normalized spacial score (nSPS) is 12.1. The lowest BCUT2D eigenvalue weighted by atomic mass is 10.1. The second-order valence-electron chi connectivity index (χ2n) is 4.55. The molecule has 0 spiro atoms. The van der Waals surface area contributed by atoms with Crippen molar-refractivity contribution >= 4 is 5.69 Å². The fraction of sp³-hybridized carbons (Fsp3) is 0.286. The molecule has 1 atom stereocenters. The second-order valence-corrected chi connectivity index (χ2v) is 4.55. The molecule has 5 heteroatoms. The average Bonchev–Trinajstić information content (AvgIpc) is 2.84. The van der Waals surface area contributed by atoms with Crippen LogP contribution >= 0.6 is 0 Å². The maximum atomic E-state index is 10.8. The van der Waals surface area contributed by atoms with Gasteiger partial charge in [0.15, 0.2) is 0 Å². The number of hydrogen-bond acceptors (Lipinski definition) is 4. The molecule has 0 aliphatic rings. The minimum Gasteiger partial charge on any atom is -0.467 e. The Hall–Kier alpha value is -2.30. The van der Waals surface area contributed by atoms with E-state index in [0.717, 1.165) is 16.8 Å². The van der Waals surface area contributed by atoms with Gasteiger partial charge in [-0.1, -0.05) is 17.7 Å². The summed E-state index contributed by atoms with van der Waals surface area (Å²) >= 11 is 0. The Labute approximate surface area is 111 Å². The Morgan fingerprint density at radius 2 is 2.16 bits per heavy atom. The van der Waals surface area contributed by atoms with E-state index < -0.39 is 6.04 Å². The summed E-state index contributed by atoms with van der Waals surface area (Å²) in [6, 6.07) is 8.94. The molecule has 1 aromatic heterocycles. The van der Waals surface area contributed by atoms with Gasteiger partial charge in [-0.25, -0.2) is 0 Å². The fourth-order valence-corrected chi connectivity index (χ4v) is 2.01. The SMILES string of the molecule is Cc1ccc(NC(C[N+](=O)[O-])c2ccco2)c(C)c1. The average molecular weight is 260 g/mol. The van der Waals surface area contributed by atoms with E-state index in [2.05, 4.69) is 5.32 Å². The van der Waals surface area contributed by atoms with Crippen molar-refractivity contribution in [2.45, 2.75) is 19.9 Å². The Balaban J connectivity index is 2.22. The highest BCUT2D eigenvalue weighted by Crippen LogP contribution is 2.23. The summed E-state index contributed by atoms with van der Waals surface area (Å²) in [6.45, 7) is 3.76. The van der Waals surface area contributed by atoms with Gasteiger partial charge in [-0.15, -0.1) is 0 Å². The molecule has 0 radical (unpaired) electrons. The van der Waals surface area contributed by atoms with Gasteiger partial charge in [-0.2, -0.15) is 0 Å². The number of aryl methyl sites for hydroxylation is 2. The van der Waals surface area contributed by atoms with Crippen LogP contribution < -0.4 is 5.32 Å². The Morgan fingerprint density at radius 3 is 2.74 bits per heavy atom. The van der Waals surface area contributed by atoms with Gasteiger partial charge in [-0.05, 0) is 37.6 Å². The molecule has 19 heavy (non-hydrogen) atoms. The zero-order valence-corrected chi connectivity index (χ0v) is 10.9. The minimum absolute atomic E-state index is 0.221. The molecule has 0 saturated carbocycles. The highest BCUT2D eigenvalue weighted by atomic mass is 16.6. The number of hydrogen-bond donors (Lipinski definition) is 1. The summed E-state index contributed by atoms with van der Waals surface area (Å²) in [5, 5.41) is 13.9. The van der Waals surface area contributed by atoms with Gasteiger partial charge in [0.2, 0.25) is 6.54 Å². The standard InChI is InChI=1S/C14H16N2O3/c1-10-5-6-12(11(2)8-10)15-13(9-16(17)18)14-4-3-7-19-14/h3-8,13,15H,9H2,1-2H3. The lowest BCUT2D eigenvalue weighted by molar-refractivity contribution is -0.482. The first-order chi connectivity index (χ1) is 9.06. The Morgan fingerprint density at radius 1 is 1.37 bits per heavy atom. The van der Waals surface area contributed by atoms with Crippen molar-refractivity contribution < 1.29 is 9.34 Å². The molecule has 0 amide bonds. The maximum Gasteiger partial charge on any atom is 0.231 e. The summed E-state index contributed by atoms with van der Waals surface area (Å²) in [5.74, 6) is 0.566. The number of nitro groups is 1. The molecule has 1 heterocycles. The molecule has 0 bridgehead atoms. The van der Waals surface area contributed by atoms with E-state index in [4.69, 9.17) is 4.42 Å². The first kappa shape index (κ1) is 13.1. The summed E-state index contributed by atoms with van der Waals surface area (Å²) in [7, 11) is 0. The van der Waals surface area contributed by atoms with Crippen LogP contribution in [0.2, 0.25) is 0 Å². The van der Waals surface area contributed by atoms with Crippen LogP contribution in [0.3, 0.4) is 0 Å². The Kier molecular flexibility index (Phi) is 3.85. The highest BCUT2D eigenvalue weighted by molar-refractivity contribution is 5.53. The van der Waals surface area contributed by atoms with Crippen LogP contribution in [0.5, 0.6) is 0 Å². The van der Waals surface area contributed by atoms with Crippen molar-refractivity contribution in [1.82, 2.24) is 0 Å². The van der Waals surface area contributed by atoms with E-state index in [1.165, 1.54) is 6.26 Å². The van der Waals surface area contributed by atoms with E-state index in [0.29, 0.717) is 5.76 Å². The zero-order chi connectivity index (χ0) is 13.8. The molecule has 2 aromatic rings. The van der Waals surface area contributed by atoms with Gasteiger partial charge < -0.3 is 9.73 Å². The van der Waals surface area contributed by atoms with E-state index >= 15 is 0 Å². The number of rotatable bonds is 5. The van der Waals surface area contributed by atoms with E-state index in [1.807, 2.05) is 32.0 Å². The van der Waals surface area contributed by atoms with Gasteiger partial charge in [-0.3, -0.25) is 10.1 Å². The predicted octanol–water partition coefficient (Wildman–Crippen LogP) is 3.33. The molecule has 1 aromatic carbocycles. The quantitative estimate of drug-likeness (QED) is 0.661. The molecule has 0 saturated heterocycles. The number of furan rings is 1. The number of nitrogens with zero attached hydrogens (tertiary/aromatic N) is 1. The van der Waals surface area contributed by atoms with Crippen LogP contribution in [-0.4, -0.2) is 11.5 Å². The van der Waals surface area contributed by atoms with Gasteiger partial charge in [0.1, 0.15) is 11.8 Å². The lowest BCUT2D eigenvalue weighted by Gasteiger charge is -2.16. The third kappa shape index (κ3) is 3.34. The van der Waals surface area contributed by atoms with Crippen molar-refractivity contribution in [2.24, 2.45) is 0 Å². The summed E-state index contributed by atoms with van der Waals surface area (Å²) < 4.78 is 5.27. The van der Waals surface area contributed by atoms with Crippen LogP contribution in [0.1, 0.15) is 22.9 Å². The van der Waals surface area contributed by atoms with E-state index in [1.54, 1.807) is 12.1 Å². The van der Waals surface area contributed by atoms with Crippen molar-refractivity contribution in [3.05, 3.63) is 63.6 Å². The van der Waals surface area contributed by atoms with Crippen LogP contribution in [-0.2, 0) is 0 Å². The fourth-order valence-electron chi connectivity index (χ4n) is 2.01. The topological polar surface area (TPSA) is 68.3 Å². The van der Waals surface area contributed by atoms with E-state index in [-0.39, 0.29) is 11.5 Å². The molecular weight excluding hydrogens is 244 g/mol. The van der Waals surface area contributed by atoms with Crippen molar-refractivity contribution in [3.8, 4) is 0 Å². The third-order valence-electron chi connectivity index (χ3n) is 2.93. The summed E-state index contributed by atoms with van der Waals surface area (Å²) in [4.78, 5) is 10.4. The van der Waals surface area contributed by atoms with Crippen molar-refractivity contribution in [3.63, 3.8) is 0 Å². The largest absolute Gasteiger partial charge is 0.467 e. The molecule has 0 aliphatic heterocycles. The molecule has 100 valence electrons. The predicted molar refractivity (Wildman–Crippen MR) is 72.8 cm³/mol. The van der Waals surface area contributed by atoms with Gasteiger partial charge in [0.25, 0.3) is 0 Å². The highest BCUT2D eigenvalue weighted by Gasteiger charge is 2.20. The molecule has 1 unspecified atom stereocenters. The number of benzene rings is 1. The van der Waals surface area contributed by atoms with Crippen LogP contribution in [0.25, 0.3) is 0 Å². The maximum absolute atomic E-state index is 10.8. The smallest absolute Gasteiger partial charge is 0.231 e. The van der Waals surface area contributed by atoms with Gasteiger partial charge >= 0.3 is 0 Å². The zero-order valence-electron chi connectivity index (χ0n) is 10.9. The van der Waals surface area contributed by atoms with E-state index in [9.17, 15) is 10.1 Å². The second kappa shape index (κ2) is 5.56. The molecule has 1 N–H and O–H groups in total. The van der Waals surface area contributed by atoms with Crippen molar-refractivity contribution in [1.29, 1.82) is 0 Å². The monoisotopic (exact) mass is 260 g/mol. The number of anilines is 1. The lowest BCUT2D eigenvalue weighted by Crippen LogP contribution is -2.20. The molecule has 5 nitrogen and oxygen atoms in total. The third-order valence-corrected chi connectivity index (χ3v) is 2.93. The van der Waals surface area contributed by atoms with Crippen LogP contribution in [0, 0.1) is 24.0 Å². The first-order valence-electron chi connectivity index (χ1n) is 6.05. The van der Waals surface area contributed by atoms with Crippen LogP contribution in [0.15, 0.2) is 41.0 Å². The van der Waals surface area contributed by atoms with Crippen molar-refractivity contribution in [2.75, 3.05) is 11.9 Å². The minimum atomic E-state index is -0.466. The molecular formula is C14H16N2O3. The van der Waals surface area contributed by atoms with Gasteiger partial charge in [0, 0.05) is 10.6 Å².